The second kappa shape index (κ2) is 5.99. The number of carbonyl (C=O) groups excluding carboxylic acids is 2. The molecule has 4 aliphatic rings. The summed E-state index contributed by atoms with van der Waals surface area (Å²) in [6.45, 7) is 0. The molecular weight excluding hydrogens is 365 g/mol. The van der Waals surface area contributed by atoms with Gasteiger partial charge in [-0.2, -0.15) is 0 Å². The first-order valence-electron chi connectivity index (χ1n) is 8.55. The molecule has 0 saturated heterocycles. The fourth-order valence-corrected chi connectivity index (χ4v) is 4.34. The molecule has 1 aromatic heterocycles. The smallest absolute Gasteiger partial charge is 0.244 e. The van der Waals surface area contributed by atoms with E-state index in [1.807, 2.05) is 30.4 Å². The van der Waals surface area contributed by atoms with Crippen molar-refractivity contribution in [1.82, 2.24) is 9.88 Å². The van der Waals surface area contributed by atoms with Crippen molar-refractivity contribution in [2.45, 2.75) is 12.5 Å². The van der Waals surface area contributed by atoms with Crippen LogP contribution in [0.15, 0.2) is 82.4 Å². The fourth-order valence-electron chi connectivity index (χ4n) is 3.81. The van der Waals surface area contributed by atoms with Gasteiger partial charge in [0.15, 0.2) is 5.13 Å². The number of hydrogen-bond acceptors (Lipinski definition) is 4. The van der Waals surface area contributed by atoms with E-state index in [1.165, 1.54) is 23.5 Å². The van der Waals surface area contributed by atoms with Gasteiger partial charge >= 0.3 is 0 Å². The maximum atomic E-state index is 14.6. The summed E-state index contributed by atoms with van der Waals surface area (Å²) in [5.74, 6) is -2.37. The lowest BCUT2D eigenvalue weighted by Gasteiger charge is -2.43. The largest absolute Gasteiger partial charge is 0.301 e. The van der Waals surface area contributed by atoms with Crippen LogP contribution in [-0.2, 0) is 9.59 Å². The van der Waals surface area contributed by atoms with Crippen LogP contribution >= 0.6 is 11.3 Å². The summed E-state index contributed by atoms with van der Waals surface area (Å²) in [4.78, 5) is 31.6. The number of aromatic nitrogens is 1. The van der Waals surface area contributed by atoms with Gasteiger partial charge in [-0.05, 0) is 23.6 Å². The van der Waals surface area contributed by atoms with Gasteiger partial charge in [-0.15, -0.1) is 11.3 Å². The van der Waals surface area contributed by atoms with Crippen molar-refractivity contribution in [1.29, 1.82) is 0 Å². The van der Waals surface area contributed by atoms with E-state index in [4.69, 9.17) is 0 Å². The number of allylic oxidation sites excluding steroid dienone is 6. The lowest BCUT2D eigenvalue weighted by molar-refractivity contribution is -0.138. The monoisotopic (exact) mass is 379 g/mol. The third-order valence-corrected chi connectivity index (χ3v) is 5.68. The standard InChI is InChI=1S/C20H14FN3O2S/c21-15-6-5-12-9-11-3-1-2-4-16(11)24-17(12)13(15)10-14(19(24)26)18(25)23-20-22-7-8-27-20/h1-4,6-10,14,16H,5H2,(H,22,23,25). The van der Waals surface area contributed by atoms with Gasteiger partial charge in [-0.3, -0.25) is 14.5 Å². The summed E-state index contributed by atoms with van der Waals surface area (Å²) in [5.41, 5.74) is 2.74. The van der Waals surface area contributed by atoms with Crippen LogP contribution in [0.4, 0.5) is 9.52 Å². The Kier molecular flexibility index (Phi) is 3.58. The number of nitrogens with one attached hydrogen (secondary N) is 1. The highest BCUT2D eigenvalue weighted by molar-refractivity contribution is 7.13. The highest BCUT2D eigenvalue weighted by Gasteiger charge is 2.44. The van der Waals surface area contributed by atoms with Crippen LogP contribution in [0.3, 0.4) is 0 Å². The van der Waals surface area contributed by atoms with Crippen LogP contribution in [0.1, 0.15) is 6.42 Å². The van der Waals surface area contributed by atoms with Gasteiger partial charge in [0.05, 0.1) is 11.7 Å². The predicted molar refractivity (Wildman–Crippen MR) is 100 cm³/mol. The van der Waals surface area contributed by atoms with Gasteiger partial charge < -0.3 is 5.32 Å². The highest BCUT2D eigenvalue weighted by atomic mass is 32.1. The zero-order valence-corrected chi connectivity index (χ0v) is 14.9. The summed E-state index contributed by atoms with van der Waals surface area (Å²) in [5, 5.41) is 4.79. The van der Waals surface area contributed by atoms with E-state index in [1.54, 1.807) is 16.5 Å². The third-order valence-electron chi connectivity index (χ3n) is 4.99. The van der Waals surface area contributed by atoms with Gasteiger partial charge in [0, 0.05) is 17.2 Å². The van der Waals surface area contributed by atoms with E-state index in [-0.39, 0.29) is 11.9 Å². The van der Waals surface area contributed by atoms with Crippen LogP contribution < -0.4 is 5.32 Å². The van der Waals surface area contributed by atoms with Crippen LogP contribution in [0.25, 0.3) is 0 Å². The number of nitrogens with zero attached hydrogens (tertiary/aromatic N) is 2. The van der Waals surface area contributed by atoms with E-state index in [2.05, 4.69) is 10.3 Å². The second-order valence-corrected chi connectivity index (χ2v) is 7.45. The zero-order chi connectivity index (χ0) is 18.5. The molecule has 0 fully saturated rings. The molecule has 2 aliphatic heterocycles. The topological polar surface area (TPSA) is 62.3 Å². The Morgan fingerprint density at radius 3 is 3.07 bits per heavy atom. The van der Waals surface area contributed by atoms with Gasteiger partial charge in [0.25, 0.3) is 0 Å². The van der Waals surface area contributed by atoms with Crippen molar-refractivity contribution in [3.8, 4) is 0 Å². The molecule has 1 N–H and O–H groups in total. The number of hydrogen-bond donors (Lipinski definition) is 1. The Bertz CT molecular complexity index is 1040. The van der Waals surface area contributed by atoms with Crippen molar-refractivity contribution in [2.75, 3.05) is 5.32 Å². The minimum atomic E-state index is -1.11. The number of carbonyl (C=O) groups is 2. The van der Waals surface area contributed by atoms with Gasteiger partial charge in [0.1, 0.15) is 11.7 Å². The molecule has 0 radical (unpaired) electrons. The first kappa shape index (κ1) is 16.1. The van der Waals surface area contributed by atoms with Crippen LogP contribution in [0, 0.1) is 5.92 Å². The second-order valence-electron chi connectivity index (χ2n) is 6.56. The number of halogens is 1. The van der Waals surface area contributed by atoms with Crippen molar-refractivity contribution in [2.24, 2.45) is 5.92 Å². The molecule has 134 valence electrons. The molecule has 27 heavy (non-hydrogen) atoms. The minimum Gasteiger partial charge on any atom is -0.301 e. The number of thiazole rings is 1. The van der Waals surface area contributed by atoms with Crippen LogP contribution in [0.2, 0.25) is 0 Å². The average Bonchev–Trinajstić information content (AvgIpc) is 3.18. The van der Waals surface area contributed by atoms with Crippen molar-refractivity contribution < 1.29 is 14.0 Å². The molecular formula is C20H14FN3O2S. The molecule has 0 bridgehead atoms. The molecule has 7 heteroatoms. The summed E-state index contributed by atoms with van der Waals surface area (Å²) >= 11 is 1.26. The Balaban J connectivity index is 1.60. The average molecular weight is 379 g/mol. The lowest BCUT2D eigenvalue weighted by atomic mass is 9.81. The first-order chi connectivity index (χ1) is 13.1. The lowest BCUT2D eigenvalue weighted by Crippen LogP contribution is -2.50. The normalized spacial score (nSPS) is 25.4. The quantitative estimate of drug-likeness (QED) is 0.801. The number of rotatable bonds is 2. The van der Waals surface area contributed by atoms with Crippen molar-refractivity contribution in [3.63, 3.8) is 0 Å². The summed E-state index contributed by atoms with van der Waals surface area (Å²) in [6, 6.07) is -0.328. The molecule has 5 nitrogen and oxygen atoms in total. The Hall–Kier alpha value is -3.06. The maximum Gasteiger partial charge on any atom is 0.244 e. The Morgan fingerprint density at radius 2 is 2.26 bits per heavy atom. The molecule has 0 aromatic carbocycles. The summed E-state index contributed by atoms with van der Waals surface area (Å²) in [7, 11) is 0. The van der Waals surface area contributed by atoms with Crippen LogP contribution in [0.5, 0.6) is 0 Å². The number of anilines is 1. The Morgan fingerprint density at radius 1 is 1.37 bits per heavy atom. The predicted octanol–water partition coefficient (Wildman–Crippen LogP) is 3.41. The molecule has 3 heterocycles. The fraction of sp³-hybridized carbons (Fsp3) is 0.150. The van der Waals surface area contributed by atoms with Crippen molar-refractivity contribution >= 4 is 28.3 Å². The summed E-state index contributed by atoms with van der Waals surface area (Å²) < 4.78 is 14.6. The molecule has 2 aliphatic carbocycles. The number of amides is 2. The van der Waals surface area contributed by atoms with Crippen LogP contribution in [-0.4, -0.2) is 27.7 Å². The molecule has 1 aromatic rings. The van der Waals surface area contributed by atoms with E-state index in [0.29, 0.717) is 22.8 Å². The molecule has 5 rings (SSSR count). The zero-order valence-electron chi connectivity index (χ0n) is 14.1. The van der Waals surface area contributed by atoms with Gasteiger partial charge in [-0.1, -0.05) is 36.5 Å². The highest BCUT2D eigenvalue weighted by Crippen LogP contribution is 2.44. The van der Waals surface area contributed by atoms with Crippen molar-refractivity contribution in [3.05, 3.63) is 82.4 Å². The molecule has 0 saturated carbocycles. The number of fused-ring (bicyclic) bond motifs is 2. The summed E-state index contributed by atoms with van der Waals surface area (Å²) in [6.07, 6.45) is 14.5. The molecule has 2 atom stereocenters. The maximum absolute atomic E-state index is 14.6. The third kappa shape index (κ3) is 2.46. The Labute approximate surface area is 158 Å². The van der Waals surface area contributed by atoms with E-state index in [0.717, 1.165) is 11.1 Å². The molecule has 0 spiro atoms. The van der Waals surface area contributed by atoms with E-state index in [9.17, 15) is 14.0 Å². The molecule has 2 amide bonds. The minimum absolute atomic E-state index is 0.313. The van der Waals surface area contributed by atoms with Gasteiger partial charge in [-0.25, -0.2) is 9.37 Å². The first-order valence-corrected chi connectivity index (χ1v) is 9.43. The SMILES string of the molecule is O=C(Nc1nccs1)C1C=C2C(F)=CCC3=C2N(C1=O)C1C=CC=CC1=C3. The molecule has 2 unspecified atom stereocenters. The van der Waals surface area contributed by atoms with Gasteiger partial charge in [0.2, 0.25) is 11.8 Å². The van der Waals surface area contributed by atoms with E-state index < -0.39 is 17.7 Å². The van der Waals surface area contributed by atoms with E-state index >= 15 is 0 Å².